The molecule has 3 rings (SSSR count). The van der Waals surface area contributed by atoms with Gasteiger partial charge >= 0.3 is 0 Å². The molecule has 1 saturated carbocycles. The number of amides is 1. The normalized spacial score (nSPS) is 29.4. The van der Waals surface area contributed by atoms with Crippen molar-refractivity contribution in [3.05, 3.63) is 35.1 Å². The number of hydrogen-bond donors (Lipinski definition) is 1. The summed E-state index contributed by atoms with van der Waals surface area (Å²) >= 11 is 0. The van der Waals surface area contributed by atoms with E-state index in [9.17, 15) is 9.18 Å². The van der Waals surface area contributed by atoms with Gasteiger partial charge < -0.3 is 10.6 Å². The zero-order valence-corrected chi connectivity index (χ0v) is 11.8. The molecule has 1 amide bonds. The number of fused-ring (bicyclic) bond motifs is 1. The maximum Gasteiger partial charge on any atom is 0.256 e. The highest BCUT2D eigenvalue weighted by Crippen LogP contribution is 2.36. The molecule has 0 radical (unpaired) electrons. The van der Waals surface area contributed by atoms with Crippen LogP contribution in [0.25, 0.3) is 0 Å². The average Bonchev–Trinajstić information content (AvgIpc) is 2.84. The molecular weight excluding hydrogens is 255 g/mol. The molecule has 20 heavy (non-hydrogen) atoms. The van der Waals surface area contributed by atoms with Crippen LogP contribution in [0.15, 0.2) is 18.2 Å². The van der Waals surface area contributed by atoms with Gasteiger partial charge in [0.1, 0.15) is 5.82 Å². The summed E-state index contributed by atoms with van der Waals surface area (Å²) in [5.74, 6) is 0.487. The number of nitrogens with two attached hydrogens (primary N) is 1. The Hall–Kier alpha value is -1.42. The van der Waals surface area contributed by atoms with Crippen LogP contribution in [0.5, 0.6) is 0 Å². The number of carbonyl (C=O) groups is 1. The van der Waals surface area contributed by atoms with Crippen LogP contribution in [0.1, 0.15) is 35.2 Å². The second-order valence-electron chi connectivity index (χ2n) is 6.24. The van der Waals surface area contributed by atoms with Crippen molar-refractivity contribution in [1.82, 2.24) is 4.90 Å². The fourth-order valence-corrected chi connectivity index (χ4v) is 3.62. The lowest BCUT2D eigenvalue weighted by Crippen LogP contribution is -2.32. The zero-order valence-electron chi connectivity index (χ0n) is 11.8. The Morgan fingerprint density at radius 2 is 2.05 bits per heavy atom. The third-order valence-electron chi connectivity index (χ3n) is 4.80. The summed E-state index contributed by atoms with van der Waals surface area (Å²) in [7, 11) is 0. The molecular formula is C16H21FN2O. The van der Waals surface area contributed by atoms with Crippen LogP contribution in [0.2, 0.25) is 0 Å². The lowest BCUT2D eigenvalue weighted by Gasteiger charge is -2.27. The van der Waals surface area contributed by atoms with Gasteiger partial charge in [0, 0.05) is 19.1 Å². The molecule has 2 N–H and O–H groups in total. The second kappa shape index (κ2) is 5.17. The summed E-state index contributed by atoms with van der Waals surface area (Å²) in [5.41, 5.74) is 6.73. The molecule has 1 saturated heterocycles. The SMILES string of the molecule is Cc1cccc(C(=O)N2C[C@H]3CCC(N)C[C@H]3C2)c1F. The van der Waals surface area contributed by atoms with E-state index in [-0.39, 0.29) is 23.3 Å². The van der Waals surface area contributed by atoms with Gasteiger partial charge in [0.2, 0.25) is 0 Å². The highest BCUT2D eigenvalue weighted by atomic mass is 19.1. The summed E-state index contributed by atoms with van der Waals surface area (Å²) < 4.78 is 14.1. The van der Waals surface area contributed by atoms with E-state index < -0.39 is 0 Å². The minimum atomic E-state index is -0.385. The third kappa shape index (κ3) is 2.33. The van der Waals surface area contributed by atoms with Crippen molar-refractivity contribution < 1.29 is 9.18 Å². The topological polar surface area (TPSA) is 46.3 Å². The van der Waals surface area contributed by atoms with Gasteiger partial charge in [0.25, 0.3) is 5.91 Å². The van der Waals surface area contributed by atoms with Gasteiger partial charge in [-0.25, -0.2) is 4.39 Å². The Balaban J connectivity index is 1.77. The van der Waals surface area contributed by atoms with Crippen molar-refractivity contribution in [3.8, 4) is 0 Å². The first-order valence-electron chi connectivity index (χ1n) is 7.36. The van der Waals surface area contributed by atoms with Crippen LogP contribution < -0.4 is 5.73 Å². The van der Waals surface area contributed by atoms with Gasteiger partial charge in [-0.05, 0) is 49.7 Å². The summed E-state index contributed by atoms with van der Waals surface area (Å²) in [6.45, 7) is 3.17. The lowest BCUT2D eigenvalue weighted by molar-refractivity contribution is 0.0779. The summed E-state index contributed by atoms with van der Waals surface area (Å²) in [5, 5.41) is 0. The van der Waals surface area contributed by atoms with Crippen molar-refractivity contribution in [2.75, 3.05) is 13.1 Å². The van der Waals surface area contributed by atoms with E-state index >= 15 is 0 Å². The molecule has 1 aromatic carbocycles. The Bertz CT molecular complexity index is 531. The first-order chi connectivity index (χ1) is 9.56. The summed E-state index contributed by atoms with van der Waals surface area (Å²) in [4.78, 5) is 14.3. The van der Waals surface area contributed by atoms with E-state index in [4.69, 9.17) is 5.73 Å². The third-order valence-corrected chi connectivity index (χ3v) is 4.80. The molecule has 1 aromatic rings. The fraction of sp³-hybridized carbons (Fsp3) is 0.562. The molecule has 0 spiro atoms. The number of aryl methyl sites for hydroxylation is 1. The molecule has 2 fully saturated rings. The van der Waals surface area contributed by atoms with Gasteiger partial charge in [-0.3, -0.25) is 4.79 Å². The smallest absolute Gasteiger partial charge is 0.256 e. The van der Waals surface area contributed by atoms with Gasteiger partial charge in [-0.15, -0.1) is 0 Å². The number of rotatable bonds is 1. The average molecular weight is 276 g/mol. The van der Waals surface area contributed by atoms with Gasteiger partial charge in [-0.2, -0.15) is 0 Å². The summed E-state index contributed by atoms with van der Waals surface area (Å²) in [6, 6.07) is 5.28. The zero-order chi connectivity index (χ0) is 14.3. The first-order valence-corrected chi connectivity index (χ1v) is 7.36. The van der Waals surface area contributed by atoms with Crippen LogP contribution in [-0.4, -0.2) is 29.9 Å². The minimum Gasteiger partial charge on any atom is -0.338 e. The van der Waals surface area contributed by atoms with Gasteiger partial charge in [0.05, 0.1) is 5.56 Å². The molecule has 108 valence electrons. The number of hydrogen-bond acceptors (Lipinski definition) is 2. The number of likely N-dealkylation sites (tertiary alicyclic amines) is 1. The molecule has 1 unspecified atom stereocenters. The van der Waals surface area contributed by atoms with Crippen LogP contribution >= 0.6 is 0 Å². The predicted octanol–water partition coefficient (Wildman–Crippen LogP) is 2.33. The summed E-state index contributed by atoms with van der Waals surface area (Å²) in [6.07, 6.45) is 3.12. The van der Waals surface area contributed by atoms with Crippen molar-refractivity contribution in [3.63, 3.8) is 0 Å². The quantitative estimate of drug-likeness (QED) is 0.855. The molecule has 1 aliphatic heterocycles. The van der Waals surface area contributed by atoms with Gasteiger partial charge in [-0.1, -0.05) is 12.1 Å². The van der Waals surface area contributed by atoms with Crippen molar-refractivity contribution in [2.45, 2.75) is 32.2 Å². The van der Waals surface area contributed by atoms with E-state index in [1.165, 1.54) is 0 Å². The molecule has 1 heterocycles. The van der Waals surface area contributed by atoms with E-state index in [1.54, 1.807) is 25.1 Å². The monoisotopic (exact) mass is 276 g/mol. The minimum absolute atomic E-state index is 0.172. The number of nitrogens with zero attached hydrogens (tertiary/aromatic N) is 1. The predicted molar refractivity (Wildman–Crippen MR) is 75.8 cm³/mol. The Morgan fingerprint density at radius 1 is 1.30 bits per heavy atom. The number of benzene rings is 1. The van der Waals surface area contributed by atoms with Crippen molar-refractivity contribution >= 4 is 5.91 Å². The highest BCUT2D eigenvalue weighted by molar-refractivity contribution is 5.94. The number of halogens is 1. The molecule has 1 aliphatic carbocycles. The lowest BCUT2D eigenvalue weighted by atomic mass is 9.79. The first kappa shape index (κ1) is 13.6. The van der Waals surface area contributed by atoms with E-state index in [0.717, 1.165) is 32.4 Å². The fourth-order valence-electron chi connectivity index (χ4n) is 3.62. The van der Waals surface area contributed by atoms with Crippen LogP contribution in [0.3, 0.4) is 0 Å². The van der Waals surface area contributed by atoms with Crippen LogP contribution in [-0.2, 0) is 0 Å². The van der Waals surface area contributed by atoms with E-state index in [2.05, 4.69) is 0 Å². The standard InChI is InChI=1S/C16H21FN2O/c1-10-3-2-4-14(15(10)17)16(20)19-8-11-5-6-13(18)7-12(11)9-19/h2-4,11-13H,5-9,18H2,1H3/t11-,12+,13?/m1/s1. The maximum atomic E-state index is 14.1. The Kier molecular flexibility index (Phi) is 3.50. The highest BCUT2D eigenvalue weighted by Gasteiger charge is 2.39. The largest absolute Gasteiger partial charge is 0.338 e. The maximum absolute atomic E-state index is 14.1. The molecule has 0 aromatic heterocycles. The number of carbonyl (C=O) groups excluding carboxylic acids is 1. The van der Waals surface area contributed by atoms with E-state index in [0.29, 0.717) is 17.4 Å². The molecule has 2 aliphatic rings. The molecule has 4 heteroatoms. The molecule has 3 atom stereocenters. The molecule has 3 nitrogen and oxygen atoms in total. The second-order valence-corrected chi connectivity index (χ2v) is 6.24. The van der Waals surface area contributed by atoms with E-state index in [1.807, 2.05) is 4.90 Å². The van der Waals surface area contributed by atoms with Crippen molar-refractivity contribution in [2.24, 2.45) is 17.6 Å². The van der Waals surface area contributed by atoms with Crippen LogP contribution in [0, 0.1) is 24.6 Å². The van der Waals surface area contributed by atoms with Gasteiger partial charge in [0.15, 0.2) is 0 Å². The Labute approximate surface area is 118 Å². The Morgan fingerprint density at radius 3 is 2.85 bits per heavy atom. The molecule has 0 bridgehead atoms. The van der Waals surface area contributed by atoms with Crippen LogP contribution in [0.4, 0.5) is 4.39 Å². The van der Waals surface area contributed by atoms with Crippen molar-refractivity contribution in [1.29, 1.82) is 0 Å².